The van der Waals surface area contributed by atoms with Gasteiger partial charge in [-0.25, -0.2) is 0 Å². The highest BCUT2D eigenvalue weighted by molar-refractivity contribution is 5.66. The summed E-state index contributed by atoms with van der Waals surface area (Å²) in [4.78, 5) is 11.6. The summed E-state index contributed by atoms with van der Waals surface area (Å²) in [5.41, 5.74) is 0.305. The molecule has 0 aliphatic heterocycles. The second-order valence-corrected chi connectivity index (χ2v) is 10.6. The van der Waals surface area contributed by atoms with Gasteiger partial charge in [-0.2, -0.15) is 0 Å². The minimum absolute atomic E-state index is 0.0703. The summed E-state index contributed by atoms with van der Waals surface area (Å²) in [5, 5.41) is 11.2. The fraction of sp³-hybridized carbons (Fsp3) is 0.955. The van der Waals surface area contributed by atoms with Crippen molar-refractivity contribution in [2.45, 2.75) is 84.3 Å². The van der Waals surface area contributed by atoms with Gasteiger partial charge in [0.05, 0.1) is 6.10 Å². The van der Waals surface area contributed by atoms with Gasteiger partial charge in [0.2, 0.25) is 0 Å². The second kappa shape index (κ2) is 5.24. The first-order valence-electron chi connectivity index (χ1n) is 10.7. The lowest BCUT2D eigenvalue weighted by atomic mass is 9.44. The van der Waals surface area contributed by atoms with Gasteiger partial charge in [0.1, 0.15) is 6.10 Å². The smallest absolute Gasteiger partial charge is 0.302 e. The highest BCUT2D eigenvalue weighted by Gasteiger charge is 2.66. The minimum atomic E-state index is -0.118. The van der Waals surface area contributed by atoms with Gasteiger partial charge >= 0.3 is 5.97 Å². The molecule has 0 bridgehead atoms. The van der Waals surface area contributed by atoms with Gasteiger partial charge in [-0.3, -0.25) is 4.79 Å². The predicted molar refractivity (Wildman–Crippen MR) is 95.7 cm³/mol. The van der Waals surface area contributed by atoms with E-state index in [4.69, 9.17) is 4.74 Å². The molecule has 0 radical (unpaired) electrons. The van der Waals surface area contributed by atoms with Crippen molar-refractivity contribution in [3.8, 4) is 0 Å². The monoisotopic (exact) mass is 346 g/mol. The maximum atomic E-state index is 11.6. The minimum Gasteiger partial charge on any atom is -0.462 e. The predicted octanol–water partition coefficient (Wildman–Crippen LogP) is 4.18. The summed E-state index contributed by atoms with van der Waals surface area (Å²) in [7, 11) is 0. The van der Waals surface area contributed by atoms with E-state index in [2.05, 4.69) is 13.8 Å². The molecule has 0 amide bonds. The SMILES string of the molecule is CC(=O)OC1CCC2C3CC[C@H]4C[C@@H]5C[C@@H]5[C@H](O)C4(C)C3CCC12C. The number of ether oxygens (including phenoxy) is 1. The summed E-state index contributed by atoms with van der Waals surface area (Å²) in [6, 6.07) is 0. The maximum Gasteiger partial charge on any atom is 0.302 e. The Hall–Kier alpha value is -0.570. The Bertz CT molecular complexity index is 588. The van der Waals surface area contributed by atoms with E-state index in [9.17, 15) is 9.90 Å². The average Bonchev–Trinajstić information content (AvgIpc) is 3.26. The lowest BCUT2D eigenvalue weighted by molar-refractivity contribution is -0.178. The molecular weight excluding hydrogens is 312 g/mol. The van der Waals surface area contributed by atoms with Gasteiger partial charge in [-0.15, -0.1) is 0 Å². The van der Waals surface area contributed by atoms with Gasteiger partial charge in [-0.1, -0.05) is 13.8 Å². The van der Waals surface area contributed by atoms with Crippen molar-refractivity contribution in [3.63, 3.8) is 0 Å². The molecule has 140 valence electrons. The molecule has 10 atom stereocenters. The highest BCUT2D eigenvalue weighted by Crippen LogP contribution is 2.70. The standard InChI is InChI=1S/C22H34O3/c1-12(23)25-19-7-6-17-15-5-4-14-10-13-11-16(13)20(24)22(14,3)18(15)8-9-21(17,19)2/h13-20,24H,4-11H2,1-3H3/t13-,14+,15?,16+,17?,18?,19?,20+,21?,22?/m1/s1. The number of hydrogen-bond acceptors (Lipinski definition) is 3. The molecule has 3 heteroatoms. The van der Waals surface area contributed by atoms with E-state index in [0.717, 1.165) is 24.2 Å². The van der Waals surface area contributed by atoms with Crippen molar-refractivity contribution in [2.75, 3.05) is 0 Å². The second-order valence-electron chi connectivity index (χ2n) is 10.6. The van der Waals surface area contributed by atoms with Gasteiger partial charge in [0, 0.05) is 12.3 Å². The van der Waals surface area contributed by atoms with Crippen LogP contribution in [0.2, 0.25) is 0 Å². The van der Waals surface area contributed by atoms with Crippen LogP contribution in [0.5, 0.6) is 0 Å². The van der Waals surface area contributed by atoms with Crippen LogP contribution < -0.4 is 0 Å². The third kappa shape index (κ3) is 2.11. The van der Waals surface area contributed by atoms with Crippen LogP contribution >= 0.6 is 0 Å². The molecular formula is C22H34O3. The molecule has 0 aromatic heterocycles. The van der Waals surface area contributed by atoms with Crippen LogP contribution in [0.15, 0.2) is 0 Å². The zero-order chi connectivity index (χ0) is 17.6. The quantitative estimate of drug-likeness (QED) is 0.725. The molecule has 0 aromatic rings. The molecule has 5 aliphatic carbocycles. The summed E-state index contributed by atoms with van der Waals surface area (Å²) in [6.07, 6.45) is 9.97. The Morgan fingerprint density at radius 2 is 1.80 bits per heavy atom. The van der Waals surface area contributed by atoms with Crippen LogP contribution in [0.4, 0.5) is 0 Å². The molecule has 5 rings (SSSR count). The number of fused-ring (bicyclic) bond motifs is 6. The van der Waals surface area contributed by atoms with Gasteiger partial charge in [0.25, 0.3) is 0 Å². The van der Waals surface area contributed by atoms with Crippen LogP contribution in [-0.2, 0) is 9.53 Å². The Labute approximate surface area is 151 Å². The molecule has 0 heterocycles. The number of carbonyl (C=O) groups excluding carboxylic acids is 1. The molecule has 5 aliphatic rings. The number of rotatable bonds is 1. The summed E-state index contributed by atoms with van der Waals surface area (Å²) in [5.74, 6) is 4.14. The van der Waals surface area contributed by atoms with E-state index in [0.29, 0.717) is 17.8 Å². The summed E-state index contributed by atoms with van der Waals surface area (Å²) >= 11 is 0. The molecule has 5 fully saturated rings. The van der Waals surface area contributed by atoms with Gasteiger partial charge < -0.3 is 9.84 Å². The Morgan fingerprint density at radius 1 is 1.00 bits per heavy atom. The normalized spacial score (nSPS) is 59.2. The van der Waals surface area contributed by atoms with Gasteiger partial charge in [0.15, 0.2) is 0 Å². The lowest BCUT2D eigenvalue weighted by Gasteiger charge is -2.61. The fourth-order valence-electron chi connectivity index (χ4n) is 8.40. The Morgan fingerprint density at radius 3 is 2.56 bits per heavy atom. The van der Waals surface area contributed by atoms with E-state index < -0.39 is 0 Å². The topological polar surface area (TPSA) is 46.5 Å². The average molecular weight is 347 g/mol. The van der Waals surface area contributed by atoms with Crippen molar-refractivity contribution in [2.24, 2.45) is 46.3 Å². The third-order valence-electron chi connectivity index (χ3n) is 9.79. The van der Waals surface area contributed by atoms with E-state index in [1.165, 1.54) is 44.9 Å². The number of esters is 1. The Kier molecular flexibility index (Phi) is 3.48. The molecule has 5 saturated carbocycles. The van der Waals surface area contributed by atoms with Crippen LogP contribution in [0.1, 0.15) is 72.1 Å². The van der Waals surface area contributed by atoms with Crippen molar-refractivity contribution >= 4 is 5.97 Å². The van der Waals surface area contributed by atoms with Crippen molar-refractivity contribution < 1.29 is 14.6 Å². The number of aliphatic hydroxyl groups excluding tert-OH is 1. The van der Waals surface area contributed by atoms with E-state index in [1.807, 2.05) is 0 Å². The molecule has 0 spiro atoms. The molecule has 1 N–H and O–H groups in total. The maximum absolute atomic E-state index is 11.6. The van der Waals surface area contributed by atoms with Crippen LogP contribution in [-0.4, -0.2) is 23.3 Å². The largest absolute Gasteiger partial charge is 0.462 e. The number of aliphatic hydroxyl groups is 1. The highest BCUT2D eigenvalue weighted by atomic mass is 16.5. The first kappa shape index (κ1) is 16.6. The summed E-state index contributed by atoms with van der Waals surface area (Å²) in [6.45, 7) is 6.38. The number of carbonyl (C=O) groups is 1. The van der Waals surface area contributed by atoms with Crippen molar-refractivity contribution in [1.29, 1.82) is 0 Å². The van der Waals surface area contributed by atoms with Crippen LogP contribution in [0.25, 0.3) is 0 Å². The Balaban J connectivity index is 1.44. The van der Waals surface area contributed by atoms with E-state index in [1.54, 1.807) is 6.92 Å². The van der Waals surface area contributed by atoms with Crippen LogP contribution in [0, 0.1) is 46.3 Å². The van der Waals surface area contributed by atoms with E-state index in [-0.39, 0.29) is 29.0 Å². The first-order valence-corrected chi connectivity index (χ1v) is 10.7. The van der Waals surface area contributed by atoms with Crippen molar-refractivity contribution in [1.82, 2.24) is 0 Å². The zero-order valence-corrected chi connectivity index (χ0v) is 16.0. The molecule has 0 saturated heterocycles. The molecule has 3 nitrogen and oxygen atoms in total. The molecule has 6 unspecified atom stereocenters. The fourth-order valence-corrected chi connectivity index (χ4v) is 8.40. The zero-order valence-electron chi connectivity index (χ0n) is 16.0. The molecule has 0 aromatic carbocycles. The lowest BCUT2D eigenvalue weighted by Crippen LogP contribution is -2.58. The first-order chi connectivity index (χ1) is 11.9. The number of hydrogen-bond donors (Lipinski definition) is 1. The third-order valence-corrected chi connectivity index (χ3v) is 9.79. The van der Waals surface area contributed by atoms with Crippen molar-refractivity contribution in [3.05, 3.63) is 0 Å². The van der Waals surface area contributed by atoms with E-state index >= 15 is 0 Å². The molecule has 25 heavy (non-hydrogen) atoms. The van der Waals surface area contributed by atoms with Gasteiger partial charge in [-0.05, 0) is 92.3 Å². The van der Waals surface area contributed by atoms with Crippen LogP contribution in [0.3, 0.4) is 0 Å². The summed E-state index contributed by atoms with van der Waals surface area (Å²) < 4.78 is 5.75.